The smallest absolute Gasteiger partial charge is 0.0325 e. The Morgan fingerprint density at radius 2 is 1.73 bits per heavy atom. The summed E-state index contributed by atoms with van der Waals surface area (Å²) in [5.74, 6) is 0. The maximum absolute atomic E-state index is 3.70. The molecule has 2 nitrogen and oxygen atoms in total. The monoisotopic (exact) mass is 214 g/mol. The number of nitrogens with zero attached hydrogens (tertiary/aromatic N) is 1. The summed E-state index contributed by atoms with van der Waals surface area (Å²) in [5.41, 5.74) is 0.283. The normalized spacial score (nSPS) is 17.8. The Morgan fingerprint density at radius 1 is 1.13 bits per heavy atom. The van der Waals surface area contributed by atoms with Crippen LogP contribution in [-0.2, 0) is 0 Å². The molecule has 0 amide bonds. The molecule has 0 aromatic carbocycles. The van der Waals surface area contributed by atoms with Crippen LogP contribution < -0.4 is 5.32 Å². The van der Waals surface area contributed by atoms with Crippen LogP contribution in [0.25, 0.3) is 0 Å². The van der Waals surface area contributed by atoms with E-state index in [2.05, 4.69) is 52.0 Å². The van der Waals surface area contributed by atoms with Gasteiger partial charge in [-0.15, -0.1) is 0 Å². The van der Waals surface area contributed by atoms with E-state index in [4.69, 9.17) is 0 Å². The average Bonchev–Trinajstić information content (AvgIpc) is 2.22. The van der Waals surface area contributed by atoms with Gasteiger partial charge in [0.05, 0.1) is 0 Å². The molecule has 0 spiro atoms. The fourth-order valence-corrected chi connectivity index (χ4v) is 2.11. The van der Waals surface area contributed by atoms with Crippen LogP contribution in [0.5, 0.6) is 0 Å². The lowest BCUT2D eigenvalue weighted by Gasteiger charge is -2.43. The summed E-state index contributed by atoms with van der Waals surface area (Å²) in [6, 6.07) is 0.613. The van der Waals surface area contributed by atoms with Crippen LogP contribution in [0.2, 0.25) is 0 Å². The maximum Gasteiger partial charge on any atom is 0.0325 e. The van der Waals surface area contributed by atoms with Gasteiger partial charge in [-0.2, -0.15) is 0 Å². The lowest BCUT2D eigenvalue weighted by Crippen LogP contribution is -2.56. The zero-order valence-corrected chi connectivity index (χ0v) is 11.6. The summed E-state index contributed by atoms with van der Waals surface area (Å²) in [6.45, 7) is 10.3. The molecule has 0 rings (SSSR count). The zero-order chi connectivity index (χ0) is 11.9. The molecule has 92 valence electrons. The molecule has 1 N–H and O–H groups in total. The number of hydrogen-bond acceptors (Lipinski definition) is 2. The van der Waals surface area contributed by atoms with Gasteiger partial charge in [-0.25, -0.2) is 0 Å². The summed E-state index contributed by atoms with van der Waals surface area (Å²) in [7, 11) is 4.39. The van der Waals surface area contributed by atoms with Crippen LogP contribution >= 0.6 is 0 Å². The van der Waals surface area contributed by atoms with Crippen molar-refractivity contribution in [2.24, 2.45) is 0 Å². The van der Waals surface area contributed by atoms with E-state index in [0.717, 1.165) is 6.54 Å². The number of rotatable bonds is 8. The second kappa shape index (κ2) is 7.24. The van der Waals surface area contributed by atoms with Gasteiger partial charge < -0.3 is 10.2 Å². The first-order valence-electron chi connectivity index (χ1n) is 6.43. The summed E-state index contributed by atoms with van der Waals surface area (Å²) in [4.78, 5) is 2.37. The van der Waals surface area contributed by atoms with Gasteiger partial charge in [0.15, 0.2) is 0 Å². The van der Waals surface area contributed by atoms with Crippen LogP contribution in [0.3, 0.4) is 0 Å². The quantitative estimate of drug-likeness (QED) is 0.668. The van der Waals surface area contributed by atoms with Crippen molar-refractivity contribution >= 4 is 0 Å². The highest BCUT2D eigenvalue weighted by atomic mass is 15.2. The van der Waals surface area contributed by atoms with Crippen LogP contribution in [-0.4, -0.2) is 37.1 Å². The van der Waals surface area contributed by atoms with E-state index in [1.54, 1.807) is 0 Å². The molecule has 0 fully saturated rings. The Hall–Kier alpha value is -0.0800. The fraction of sp³-hybridized carbons (Fsp3) is 1.00. The van der Waals surface area contributed by atoms with Crippen molar-refractivity contribution in [1.82, 2.24) is 10.2 Å². The van der Waals surface area contributed by atoms with Gasteiger partial charge in [-0.05, 0) is 46.8 Å². The molecule has 0 bridgehead atoms. The maximum atomic E-state index is 3.70. The first-order chi connectivity index (χ1) is 7.02. The minimum Gasteiger partial charge on any atom is -0.312 e. The Bertz CT molecular complexity index is 157. The Balaban J connectivity index is 4.52. The molecule has 0 aliphatic rings. The lowest BCUT2D eigenvalue weighted by molar-refractivity contribution is 0.107. The largest absolute Gasteiger partial charge is 0.312 e. The first-order valence-corrected chi connectivity index (χ1v) is 6.43. The highest BCUT2D eigenvalue weighted by Crippen LogP contribution is 2.24. The van der Waals surface area contributed by atoms with Crippen LogP contribution in [0.1, 0.15) is 53.4 Å². The highest BCUT2D eigenvalue weighted by Gasteiger charge is 2.33. The zero-order valence-electron chi connectivity index (χ0n) is 11.6. The van der Waals surface area contributed by atoms with Gasteiger partial charge in [0.25, 0.3) is 0 Å². The second-order valence-electron chi connectivity index (χ2n) is 4.90. The van der Waals surface area contributed by atoms with Gasteiger partial charge in [0.1, 0.15) is 0 Å². The molecule has 0 aliphatic carbocycles. The summed E-state index contributed by atoms with van der Waals surface area (Å²) in [6.07, 6.45) is 4.93. The van der Waals surface area contributed by atoms with Crippen molar-refractivity contribution in [3.05, 3.63) is 0 Å². The van der Waals surface area contributed by atoms with Gasteiger partial charge in [-0.1, -0.05) is 27.2 Å². The predicted molar refractivity (Wildman–Crippen MR) is 69.4 cm³/mol. The van der Waals surface area contributed by atoms with Crippen LogP contribution in [0.15, 0.2) is 0 Å². The Kier molecular flexibility index (Phi) is 7.20. The van der Waals surface area contributed by atoms with Crippen molar-refractivity contribution in [1.29, 1.82) is 0 Å². The molecule has 0 aliphatic heterocycles. The molecule has 0 saturated heterocycles. The predicted octanol–water partition coefficient (Wildman–Crippen LogP) is 2.89. The summed E-state index contributed by atoms with van der Waals surface area (Å²) in [5, 5.41) is 3.70. The average molecular weight is 214 g/mol. The molecule has 0 heterocycles. The standard InChI is InChI=1S/C13H30N2/c1-7-10-12(14-11-8-2)13(4,9-3)15(5)6/h12,14H,7-11H2,1-6H3. The van der Waals surface area contributed by atoms with Gasteiger partial charge in [0, 0.05) is 11.6 Å². The molecule has 0 saturated carbocycles. The Labute approximate surface area is 96.4 Å². The minimum absolute atomic E-state index is 0.283. The molecular weight excluding hydrogens is 184 g/mol. The third kappa shape index (κ3) is 4.12. The summed E-state index contributed by atoms with van der Waals surface area (Å²) >= 11 is 0. The molecule has 2 atom stereocenters. The van der Waals surface area contributed by atoms with E-state index in [1.165, 1.54) is 25.7 Å². The van der Waals surface area contributed by atoms with Gasteiger partial charge >= 0.3 is 0 Å². The van der Waals surface area contributed by atoms with E-state index < -0.39 is 0 Å². The van der Waals surface area contributed by atoms with E-state index in [1.807, 2.05) is 0 Å². The molecule has 0 aromatic heterocycles. The number of nitrogens with one attached hydrogen (secondary N) is 1. The molecule has 0 radical (unpaired) electrons. The van der Waals surface area contributed by atoms with Crippen LogP contribution in [0.4, 0.5) is 0 Å². The second-order valence-corrected chi connectivity index (χ2v) is 4.90. The van der Waals surface area contributed by atoms with Crippen molar-refractivity contribution in [2.75, 3.05) is 20.6 Å². The van der Waals surface area contributed by atoms with E-state index >= 15 is 0 Å². The van der Waals surface area contributed by atoms with Crippen molar-refractivity contribution < 1.29 is 0 Å². The fourth-order valence-electron chi connectivity index (χ4n) is 2.11. The third-order valence-electron chi connectivity index (χ3n) is 3.71. The molecule has 15 heavy (non-hydrogen) atoms. The van der Waals surface area contributed by atoms with E-state index in [-0.39, 0.29) is 5.54 Å². The SMILES string of the molecule is CCCNC(CCC)C(C)(CC)N(C)C. The van der Waals surface area contributed by atoms with Crippen molar-refractivity contribution in [3.8, 4) is 0 Å². The molecule has 2 unspecified atom stereocenters. The topological polar surface area (TPSA) is 15.3 Å². The van der Waals surface area contributed by atoms with Crippen LogP contribution in [0, 0.1) is 0 Å². The molecular formula is C13H30N2. The van der Waals surface area contributed by atoms with E-state index in [0.29, 0.717) is 6.04 Å². The Morgan fingerprint density at radius 3 is 2.07 bits per heavy atom. The molecule has 0 aromatic rings. The van der Waals surface area contributed by atoms with Gasteiger partial charge in [-0.3, -0.25) is 0 Å². The highest BCUT2D eigenvalue weighted by molar-refractivity contribution is 4.93. The van der Waals surface area contributed by atoms with E-state index in [9.17, 15) is 0 Å². The van der Waals surface area contributed by atoms with Gasteiger partial charge in [0.2, 0.25) is 0 Å². The minimum atomic E-state index is 0.283. The number of hydrogen-bond donors (Lipinski definition) is 1. The lowest BCUT2D eigenvalue weighted by atomic mass is 9.85. The number of likely N-dealkylation sites (N-methyl/N-ethyl adjacent to an activating group) is 1. The van der Waals surface area contributed by atoms with Crippen molar-refractivity contribution in [2.45, 2.75) is 65.0 Å². The molecule has 2 heteroatoms. The first kappa shape index (κ1) is 14.9. The summed E-state index contributed by atoms with van der Waals surface area (Å²) < 4.78 is 0. The third-order valence-corrected chi connectivity index (χ3v) is 3.71. The van der Waals surface area contributed by atoms with Crippen molar-refractivity contribution in [3.63, 3.8) is 0 Å².